The number of carbonyl (C=O) groups excluding carboxylic acids is 4. The summed E-state index contributed by atoms with van der Waals surface area (Å²) in [5.74, 6) is -1.98. The van der Waals surface area contributed by atoms with Gasteiger partial charge in [-0.2, -0.15) is 0 Å². The smallest absolute Gasteiger partial charge is 0.408 e. The van der Waals surface area contributed by atoms with Crippen LogP contribution >= 0.6 is 7.52 Å². The Morgan fingerprint density at radius 1 is 0.838 bits per heavy atom. The quantitative estimate of drug-likeness (QED) is 0.169. The molecule has 0 heterocycles. The van der Waals surface area contributed by atoms with Crippen molar-refractivity contribution < 1.29 is 47.2 Å². The summed E-state index contributed by atoms with van der Waals surface area (Å²) in [6.45, 7) is 5.19. The number of ether oxygens (including phenoxy) is 4. The first kappa shape index (κ1) is 32.1. The molecule has 0 aliphatic heterocycles. The molecule has 12 nitrogen and oxygen atoms in total. The van der Waals surface area contributed by atoms with E-state index in [0.717, 1.165) is 5.56 Å². The van der Waals surface area contributed by atoms with Gasteiger partial charge in [0.1, 0.15) is 18.7 Å². The Hall–Kier alpha value is -2.95. The molecule has 208 valence electrons. The lowest BCUT2D eigenvalue weighted by atomic mass is 10.2. The molecule has 1 rings (SSSR count). The number of amides is 1. The van der Waals surface area contributed by atoms with Crippen LogP contribution in [0.1, 0.15) is 45.6 Å². The number of alkyl carbamates (subject to hydrolysis) is 1. The van der Waals surface area contributed by atoms with Gasteiger partial charge in [-0.15, -0.1) is 0 Å². The van der Waals surface area contributed by atoms with Crippen molar-refractivity contribution in [1.82, 2.24) is 10.4 Å². The highest BCUT2D eigenvalue weighted by molar-refractivity contribution is 7.56. The van der Waals surface area contributed by atoms with Crippen LogP contribution in [0.3, 0.4) is 0 Å². The topological polar surface area (TPSA) is 156 Å². The summed E-state index contributed by atoms with van der Waals surface area (Å²) in [6, 6.07) is 6.66. The van der Waals surface area contributed by atoms with Gasteiger partial charge in [0.2, 0.25) is 0 Å². The molecule has 37 heavy (non-hydrogen) atoms. The van der Waals surface area contributed by atoms with Gasteiger partial charge in [-0.3, -0.25) is 14.2 Å². The first-order valence-corrected chi connectivity index (χ1v) is 13.9. The lowest BCUT2D eigenvalue weighted by molar-refractivity contribution is -0.147. The van der Waals surface area contributed by atoms with Crippen LogP contribution < -0.4 is 10.4 Å². The minimum absolute atomic E-state index is 0.0119. The van der Waals surface area contributed by atoms with Crippen LogP contribution in [-0.4, -0.2) is 69.2 Å². The molecule has 0 aromatic heterocycles. The maximum Gasteiger partial charge on any atom is 0.408 e. The largest absolute Gasteiger partial charge is 0.466 e. The van der Waals surface area contributed by atoms with Crippen LogP contribution in [0.15, 0.2) is 30.3 Å². The second-order valence-corrected chi connectivity index (χ2v) is 10.1. The highest BCUT2D eigenvalue weighted by atomic mass is 31.2. The predicted octanol–water partition coefficient (Wildman–Crippen LogP) is 2.94. The first-order chi connectivity index (χ1) is 17.7. The molecule has 1 aromatic rings. The van der Waals surface area contributed by atoms with Gasteiger partial charge in [0.25, 0.3) is 7.52 Å². The van der Waals surface area contributed by atoms with Gasteiger partial charge in [0, 0.05) is 19.7 Å². The normalized spacial score (nSPS) is 13.9. The highest BCUT2D eigenvalue weighted by Crippen LogP contribution is 2.43. The molecule has 13 heteroatoms. The number of esters is 3. The van der Waals surface area contributed by atoms with Gasteiger partial charge >= 0.3 is 24.0 Å². The van der Waals surface area contributed by atoms with E-state index >= 15 is 0 Å². The lowest BCUT2D eigenvalue weighted by Gasteiger charge is -2.25. The average molecular weight is 545 g/mol. The molecule has 0 aliphatic carbocycles. The maximum atomic E-state index is 13.4. The van der Waals surface area contributed by atoms with Gasteiger partial charge < -0.3 is 28.8 Å². The van der Waals surface area contributed by atoms with Gasteiger partial charge in [0.15, 0.2) is 0 Å². The fraction of sp³-hybridized carbons (Fsp3) is 0.583. The number of carbonyl (C=O) groups is 4. The van der Waals surface area contributed by atoms with Gasteiger partial charge in [-0.05, 0) is 39.2 Å². The van der Waals surface area contributed by atoms with E-state index in [1.54, 1.807) is 45.0 Å². The van der Waals surface area contributed by atoms with Crippen molar-refractivity contribution in [2.75, 3.05) is 33.1 Å². The molecule has 0 saturated carbocycles. The number of rotatable bonds is 17. The molecule has 0 fully saturated rings. The van der Waals surface area contributed by atoms with Crippen LogP contribution in [-0.2, 0) is 49.0 Å². The van der Waals surface area contributed by atoms with E-state index in [4.69, 9.17) is 23.5 Å². The Bertz CT molecular complexity index is 912. The summed E-state index contributed by atoms with van der Waals surface area (Å²) < 4.78 is 38.7. The molecule has 0 saturated heterocycles. The van der Waals surface area contributed by atoms with Crippen LogP contribution in [0.5, 0.6) is 0 Å². The molecular weight excluding hydrogens is 507 g/mol. The first-order valence-electron chi connectivity index (χ1n) is 12.1. The molecule has 0 radical (unpaired) electrons. The standard InChI is InChI=1S/C24H37N2O10P/c1-5-33-21(27)14-13-20(23(29)35-7-3)26-37(31,32-4)16-15-19(22(28)34-6-2)25-24(30)36-17-18-11-9-8-10-12-18/h8-12,19-20H,5-7,13-17H2,1-4H3,(H,25,30)(H,26,31)/t19-,20-,37?/m0/s1. The molecule has 1 amide bonds. The van der Waals surface area contributed by atoms with E-state index < -0.39 is 43.6 Å². The minimum Gasteiger partial charge on any atom is -0.466 e. The second kappa shape index (κ2) is 17.5. The number of hydrogen-bond donors (Lipinski definition) is 2. The molecule has 1 aromatic carbocycles. The monoisotopic (exact) mass is 544 g/mol. The summed E-state index contributed by atoms with van der Waals surface area (Å²) >= 11 is 0. The zero-order chi connectivity index (χ0) is 27.7. The summed E-state index contributed by atoms with van der Waals surface area (Å²) in [5, 5.41) is 5.07. The molecule has 2 N–H and O–H groups in total. The van der Waals surface area contributed by atoms with Crippen molar-refractivity contribution in [2.45, 2.75) is 58.7 Å². The zero-order valence-corrected chi connectivity index (χ0v) is 22.6. The van der Waals surface area contributed by atoms with Crippen molar-refractivity contribution in [2.24, 2.45) is 0 Å². The number of nitrogens with one attached hydrogen (secondary N) is 2. The van der Waals surface area contributed by atoms with E-state index in [0.29, 0.717) is 0 Å². The molecule has 3 atom stereocenters. The SMILES string of the molecule is CCOC(=O)CC[C@H](NP(=O)(CC[C@H](NC(=O)OCc1ccccc1)C(=O)OCC)OC)C(=O)OCC. The average Bonchev–Trinajstić information content (AvgIpc) is 2.88. The molecule has 1 unspecified atom stereocenters. The van der Waals surface area contributed by atoms with E-state index in [9.17, 15) is 23.7 Å². The Balaban J connectivity index is 2.86. The molecule has 0 aliphatic rings. The second-order valence-electron chi connectivity index (χ2n) is 7.66. The summed E-state index contributed by atoms with van der Waals surface area (Å²) in [7, 11) is -2.55. The fourth-order valence-corrected chi connectivity index (χ4v) is 4.84. The Morgan fingerprint density at radius 3 is 2.00 bits per heavy atom. The van der Waals surface area contributed by atoms with Crippen LogP contribution in [0.25, 0.3) is 0 Å². The van der Waals surface area contributed by atoms with Crippen LogP contribution in [0, 0.1) is 0 Å². The van der Waals surface area contributed by atoms with Gasteiger partial charge in [0.05, 0.1) is 19.8 Å². The third-order valence-corrected chi connectivity index (χ3v) is 7.09. The van der Waals surface area contributed by atoms with E-state index in [1.807, 2.05) is 6.07 Å². The number of benzene rings is 1. The highest BCUT2D eigenvalue weighted by Gasteiger charge is 2.33. The van der Waals surface area contributed by atoms with Crippen molar-refractivity contribution >= 4 is 31.5 Å². The van der Waals surface area contributed by atoms with Crippen molar-refractivity contribution in [3.05, 3.63) is 35.9 Å². The Morgan fingerprint density at radius 2 is 1.43 bits per heavy atom. The minimum atomic E-state index is -3.73. The molecule has 0 bridgehead atoms. The van der Waals surface area contributed by atoms with E-state index in [-0.39, 0.29) is 51.9 Å². The van der Waals surface area contributed by atoms with E-state index in [2.05, 4.69) is 10.4 Å². The number of hydrogen-bond acceptors (Lipinski definition) is 10. The molecular formula is C24H37N2O10P. The van der Waals surface area contributed by atoms with Gasteiger partial charge in [-0.1, -0.05) is 30.3 Å². The molecule has 0 spiro atoms. The van der Waals surface area contributed by atoms with E-state index in [1.165, 1.54) is 7.11 Å². The van der Waals surface area contributed by atoms with Crippen LogP contribution in [0.2, 0.25) is 0 Å². The summed E-state index contributed by atoms with van der Waals surface area (Å²) in [4.78, 5) is 48.9. The maximum absolute atomic E-state index is 13.4. The van der Waals surface area contributed by atoms with Crippen molar-refractivity contribution in [1.29, 1.82) is 0 Å². The summed E-state index contributed by atoms with van der Waals surface area (Å²) in [6.07, 6.45) is -1.42. The third-order valence-electron chi connectivity index (χ3n) is 4.95. The van der Waals surface area contributed by atoms with Crippen molar-refractivity contribution in [3.8, 4) is 0 Å². The van der Waals surface area contributed by atoms with Crippen molar-refractivity contribution in [3.63, 3.8) is 0 Å². The summed E-state index contributed by atoms with van der Waals surface area (Å²) in [5.41, 5.74) is 0.756. The third kappa shape index (κ3) is 12.7. The Kier molecular flexibility index (Phi) is 15.2. The Labute approximate surface area is 217 Å². The van der Waals surface area contributed by atoms with Crippen LogP contribution in [0.4, 0.5) is 4.79 Å². The fourth-order valence-electron chi connectivity index (χ4n) is 3.12. The zero-order valence-electron chi connectivity index (χ0n) is 21.7. The lowest BCUT2D eigenvalue weighted by Crippen LogP contribution is -2.43. The van der Waals surface area contributed by atoms with Gasteiger partial charge in [-0.25, -0.2) is 14.7 Å². The predicted molar refractivity (Wildman–Crippen MR) is 134 cm³/mol.